The molecule has 1 unspecified atom stereocenters. The van der Waals surface area contributed by atoms with E-state index in [0.717, 1.165) is 45.8 Å². The van der Waals surface area contributed by atoms with Crippen LogP contribution in [-0.2, 0) is 0 Å². The summed E-state index contributed by atoms with van der Waals surface area (Å²) in [5, 5.41) is 7.05. The number of para-hydroxylation sites is 1. The summed E-state index contributed by atoms with van der Waals surface area (Å²) < 4.78 is 0. The van der Waals surface area contributed by atoms with Crippen LogP contribution in [0.25, 0.3) is 0 Å². The van der Waals surface area contributed by atoms with Crippen molar-refractivity contribution in [3.05, 3.63) is 30.3 Å². The normalized spacial score (nSPS) is 26.2. The first kappa shape index (κ1) is 12.0. The molecule has 0 amide bonds. The third kappa shape index (κ3) is 2.66. The second kappa shape index (κ2) is 5.69. The average Bonchev–Trinajstić information content (AvgIpc) is 2.49. The summed E-state index contributed by atoms with van der Waals surface area (Å²) in [7, 11) is 0. The molecule has 0 saturated carbocycles. The minimum Gasteiger partial charge on any atom is -0.369 e. The Morgan fingerprint density at radius 1 is 0.944 bits per heavy atom. The van der Waals surface area contributed by atoms with Gasteiger partial charge in [0.2, 0.25) is 0 Å². The number of hydrogen-bond acceptors (Lipinski definition) is 4. The van der Waals surface area contributed by atoms with E-state index in [1.807, 2.05) is 0 Å². The molecule has 0 aromatic heterocycles. The van der Waals surface area contributed by atoms with Crippen molar-refractivity contribution in [3.8, 4) is 0 Å². The first-order chi connectivity index (χ1) is 8.93. The van der Waals surface area contributed by atoms with Crippen LogP contribution in [0.3, 0.4) is 0 Å². The molecule has 2 aliphatic heterocycles. The van der Waals surface area contributed by atoms with Gasteiger partial charge in [0.15, 0.2) is 0 Å². The van der Waals surface area contributed by atoms with Gasteiger partial charge in [-0.25, -0.2) is 0 Å². The van der Waals surface area contributed by atoms with E-state index in [1.54, 1.807) is 0 Å². The fourth-order valence-electron chi connectivity index (χ4n) is 2.83. The van der Waals surface area contributed by atoms with Gasteiger partial charge in [0, 0.05) is 51.5 Å². The van der Waals surface area contributed by atoms with Crippen LogP contribution >= 0.6 is 0 Å². The number of rotatable bonds is 2. The van der Waals surface area contributed by atoms with Crippen LogP contribution in [0.5, 0.6) is 0 Å². The Labute approximate surface area is 109 Å². The fraction of sp³-hybridized carbons (Fsp3) is 0.571. The average molecular weight is 246 g/mol. The molecule has 0 radical (unpaired) electrons. The Morgan fingerprint density at radius 3 is 2.39 bits per heavy atom. The lowest BCUT2D eigenvalue weighted by atomic mass is 10.2. The van der Waals surface area contributed by atoms with Crippen molar-refractivity contribution in [2.24, 2.45) is 0 Å². The molecule has 1 aromatic carbocycles. The SMILES string of the molecule is c1ccc(N2CCN(C3CNCCN3)CC2)cc1. The smallest absolute Gasteiger partial charge is 0.0727 e. The summed E-state index contributed by atoms with van der Waals surface area (Å²) >= 11 is 0. The lowest BCUT2D eigenvalue weighted by molar-refractivity contribution is 0.140. The molecular formula is C14H22N4. The zero-order chi connectivity index (χ0) is 12.2. The van der Waals surface area contributed by atoms with Gasteiger partial charge in [-0.15, -0.1) is 0 Å². The highest BCUT2D eigenvalue weighted by Crippen LogP contribution is 2.16. The molecule has 18 heavy (non-hydrogen) atoms. The number of benzene rings is 1. The van der Waals surface area contributed by atoms with Crippen molar-refractivity contribution in [1.29, 1.82) is 0 Å². The predicted octanol–water partition coefficient (Wildman–Crippen LogP) is 0.328. The van der Waals surface area contributed by atoms with E-state index in [1.165, 1.54) is 5.69 Å². The van der Waals surface area contributed by atoms with Gasteiger partial charge >= 0.3 is 0 Å². The van der Waals surface area contributed by atoms with E-state index < -0.39 is 0 Å². The van der Waals surface area contributed by atoms with Gasteiger partial charge < -0.3 is 10.2 Å². The maximum absolute atomic E-state index is 3.59. The molecule has 0 spiro atoms. The van der Waals surface area contributed by atoms with E-state index >= 15 is 0 Å². The van der Waals surface area contributed by atoms with Gasteiger partial charge in [-0.05, 0) is 12.1 Å². The summed E-state index contributed by atoms with van der Waals surface area (Å²) in [5.74, 6) is 0. The van der Waals surface area contributed by atoms with Crippen LogP contribution in [0.4, 0.5) is 5.69 Å². The number of nitrogens with one attached hydrogen (secondary N) is 2. The van der Waals surface area contributed by atoms with E-state index in [-0.39, 0.29) is 0 Å². The number of hydrogen-bond donors (Lipinski definition) is 2. The number of nitrogens with zero attached hydrogens (tertiary/aromatic N) is 2. The molecule has 4 nitrogen and oxygen atoms in total. The lowest BCUT2D eigenvalue weighted by Crippen LogP contribution is -2.61. The monoisotopic (exact) mass is 246 g/mol. The van der Waals surface area contributed by atoms with E-state index in [4.69, 9.17) is 0 Å². The van der Waals surface area contributed by atoms with Crippen LogP contribution < -0.4 is 15.5 Å². The molecule has 1 aromatic rings. The summed E-state index contributed by atoms with van der Waals surface area (Å²) in [6.07, 6.45) is 0.525. The van der Waals surface area contributed by atoms with E-state index in [2.05, 4.69) is 50.8 Å². The van der Waals surface area contributed by atoms with Crippen molar-refractivity contribution < 1.29 is 0 Å². The highest BCUT2D eigenvalue weighted by molar-refractivity contribution is 5.46. The highest BCUT2D eigenvalue weighted by atomic mass is 15.3. The maximum atomic E-state index is 3.59. The van der Waals surface area contributed by atoms with Crippen LogP contribution in [0.1, 0.15) is 0 Å². The minimum absolute atomic E-state index is 0.525. The maximum Gasteiger partial charge on any atom is 0.0727 e. The van der Waals surface area contributed by atoms with Gasteiger partial charge in [-0.2, -0.15) is 0 Å². The minimum atomic E-state index is 0.525. The molecule has 0 aliphatic carbocycles. The van der Waals surface area contributed by atoms with Gasteiger partial charge in [-0.3, -0.25) is 10.2 Å². The molecule has 2 N–H and O–H groups in total. The molecule has 1 atom stereocenters. The predicted molar refractivity (Wildman–Crippen MR) is 74.9 cm³/mol. The molecule has 2 aliphatic rings. The van der Waals surface area contributed by atoms with Crippen molar-refractivity contribution in [2.75, 3.05) is 50.7 Å². The van der Waals surface area contributed by atoms with Crippen LogP contribution in [0.2, 0.25) is 0 Å². The first-order valence-corrected chi connectivity index (χ1v) is 6.91. The standard InChI is InChI=1S/C14H22N4/c1-2-4-13(5-3-1)17-8-10-18(11-9-17)14-12-15-6-7-16-14/h1-5,14-16H,6-12H2. The Hall–Kier alpha value is -1.10. The molecule has 4 heteroatoms. The topological polar surface area (TPSA) is 30.5 Å². The lowest BCUT2D eigenvalue weighted by Gasteiger charge is -2.41. The number of anilines is 1. The molecular weight excluding hydrogens is 224 g/mol. The highest BCUT2D eigenvalue weighted by Gasteiger charge is 2.24. The van der Waals surface area contributed by atoms with Gasteiger partial charge in [0.05, 0.1) is 6.17 Å². The summed E-state index contributed by atoms with van der Waals surface area (Å²) in [6, 6.07) is 10.7. The fourth-order valence-corrected chi connectivity index (χ4v) is 2.83. The van der Waals surface area contributed by atoms with Crippen LogP contribution in [-0.4, -0.2) is 56.9 Å². The molecule has 3 rings (SSSR count). The van der Waals surface area contributed by atoms with Crippen LogP contribution in [0, 0.1) is 0 Å². The Balaban J connectivity index is 1.54. The van der Waals surface area contributed by atoms with Gasteiger partial charge in [0.25, 0.3) is 0 Å². The van der Waals surface area contributed by atoms with Crippen molar-refractivity contribution >= 4 is 5.69 Å². The first-order valence-electron chi connectivity index (χ1n) is 6.91. The molecule has 2 saturated heterocycles. The van der Waals surface area contributed by atoms with E-state index in [0.29, 0.717) is 6.17 Å². The Kier molecular flexibility index (Phi) is 3.78. The zero-order valence-electron chi connectivity index (χ0n) is 10.8. The second-order valence-electron chi connectivity index (χ2n) is 5.03. The largest absolute Gasteiger partial charge is 0.369 e. The zero-order valence-corrected chi connectivity index (χ0v) is 10.8. The second-order valence-corrected chi connectivity index (χ2v) is 5.03. The van der Waals surface area contributed by atoms with E-state index in [9.17, 15) is 0 Å². The molecule has 98 valence electrons. The molecule has 2 heterocycles. The third-order valence-corrected chi connectivity index (χ3v) is 3.90. The summed E-state index contributed by atoms with van der Waals surface area (Å²) in [4.78, 5) is 5.04. The van der Waals surface area contributed by atoms with Gasteiger partial charge in [-0.1, -0.05) is 18.2 Å². The van der Waals surface area contributed by atoms with Crippen LogP contribution in [0.15, 0.2) is 30.3 Å². The Morgan fingerprint density at radius 2 is 1.72 bits per heavy atom. The third-order valence-electron chi connectivity index (χ3n) is 3.90. The molecule has 2 fully saturated rings. The summed E-state index contributed by atoms with van der Waals surface area (Å²) in [6.45, 7) is 7.81. The van der Waals surface area contributed by atoms with Crippen molar-refractivity contribution in [3.63, 3.8) is 0 Å². The Bertz CT molecular complexity index is 353. The quantitative estimate of drug-likeness (QED) is 0.787. The van der Waals surface area contributed by atoms with Gasteiger partial charge in [0.1, 0.15) is 0 Å². The number of piperazine rings is 2. The summed E-state index contributed by atoms with van der Waals surface area (Å²) in [5.41, 5.74) is 1.35. The molecule has 0 bridgehead atoms. The van der Waals surface area contributed by atoms with Crippen molar-refractivity contribution in [1.82, 2.24) is 15.5 Å². The van der Waals surface area contributed by atoms with Crippen molar-refractivity contribution in [2.45, 2.75) is 6.17 Å².